The molecule has 4 nitrogen and oxygen atoms in total. The Bertz CT molecular complexity index is 1240. The Morgan fingerprint density at radius 3 is 2.71 bits per heavy atom. The van der Waals surface area contributed by atoms with Crippen LogP contribution in [0.15, 0.2) is 57.4 Å². The van der Waals surface area contributed by atoms with Crippen LogP contribution in [-0.4, -0.2) is 9.55 Å². The van der Waals surface area contributed by atoms with Gasteiger partial charge in [0.2, 0.25) is 0 Å². The fourth-order valence-electron chi connectivity index (χ4n) is 2.86. The Morgan fingerprint density at radius 1 is 1.12 bits per heavy atom. The molecule has 0 saturated heterocycles. The minimum atomic E-state index is -0.475. The maximum atomic E-state index is 12.7. The highest BCUT2D eigenvalue weighted by Crippen LogP contribution is 2.32. The molecule has 2 heterocycles. The number of rotatable bonds is 2. The molecule has 2 aromatic heterocycles. The minimum absolute atomic E-state index is 0.0445. The van der Waals surface area contributed by atoms with Crippen LogP contribution in [0.3, 0.4) is 0 Å². The summed E-state index contributed by atoms with van der Waals surface area (Å²) >= 11 is 1.35. The van der Waals surface area contributed by atoms with Gasteiger partial charge >= 0.3 is 5.69 Å². The lowest BCUT2D eigenvalue weighted by molar-refractivity contribution is 0.743. The van der Waals surface area contributed by atoms with E-state index in [9.17, 15) is 9.59 Å². The monoisotopic (exact) mass is 332 g/mol. The summed E-state index contributed by atoms with van der Waals surface area (Å²) in [6.07, 6.45) is 5.27. The fourth-order valence-corrected chi connectivity index (χ4v) is 3.81. The van der Waals surface area contributed by atoms with Crippen molar-refractivity contribution in [2.75, 3.05) is 0 Å². The molecule has 0 aliphatic rings. The number of thiophene rings is 1. The average Bonchev–Trinajstić information content (AvgIpc) is 3.02. The number of aromatic nitrogens is 2. The zero-order chi connectivity index (χ0) is 16.7. The van der Waals surface area contributed by atoms with Crippen molar-refractivity contribution in [1.82, 2.24) is 9.55 Å². The van der Waals surface area contributed by atoms with Crippen LogP contribution in [0.2, 0.25) is 0 Å². The molecular weight excluding hydrogens is 320 g/mol. The lowest BCUT2D eigenvalue weighted by Gasteiger charge is -2.04. The Kier molecular flexibility index (Phi) is 3.33. The maximum absolute atomic E-state index is 12.7. The van der Waals surface area contributed by atoms with Gasteiger partial charge in [0.25, 0.3) is 5.56 Å². The first-order chi connectivity index (χ1) is 11.7. The van der Waals surface area contributed by atoms with Gasteiger partial charge in [-0.05, 0) is 22.4 Å². The van der Waals surface area contributed by atoms with Gasteiger partial charge in [-0.2, -0.15) is 0 Å². The van der Waals surface area contributed by atoms with E-state index < -0.39 is 5.69 Å². The lowest BCUT2D eigenvalue weighted by Crippen LogP contribution is -2.34. The summed E-state index contributed by atoms with van der Waals surface area (Å²) in [5, 5.41) is 4.64. The third-order valence-corrected chi connectivity index (χ3v) is 4.92. The number of fused-ring (bicyclic) bond motifs is 2. The molecular formula is C19H12N2O2S. The number of hydrogen-bond donors (Lipinski definition) is 1. The number of H-pyrrole nitrogens is 1. The zero-order valence-electron chi connectivity index (χ0n) is 12.6. The molecule has 0 unspecified atom stereocenters. The predicted molar refractivity (Wildman–Crippen MR) is 98.5 cm³/mol. The van der Waals surface area contributed by atoms with Crippen molar-refractivity contribution in [1.29, 1.82) is 0 Å². The SMILES string of the molecule is C#CCn1c(=O)[nH]c2scc(-c3ccc4ccccc4c3)c2c1=O. The first-order valence-electron chi connectivity index (χ1n) is 7.36. The van der Waals surface area contributed by atoms with E-state index in [1.165, 1.54) is 11.3 Å². The van der Waals surface area contributed by atoms with Gasteiger partial charge in [-0.25, -0.2) is 9.36 Å². The van der Waals surface area contributed by atoms with Crippen LogP contribution >= 0.6 is 11.3 Å². The van der Waals surface area contributed by atoms with Gasteiger partial charge in [0, 0.05) is 10.9 Å². The Balaban J connectivity index is 2.03. The molecule has 1 N–H and O–H groups in total. The molecule has 0 bridgehead atoms. The van der Waals surface area contributed by atoms with E-state index in [0.29, 0.717) is 10.2 Å². The van der Waals surface area contributed by atoms with Crippen molar-refractivity contribution >= 4 is 32.3 Å². The Hall–Kier alpha value is -3.10. The molecule has 4 aromatic rings. The van der Waals surface area contributed by atoms with E-state index in [0.717, 1.165) is 26.5 Å². The highest BCUT2D eigenvalue weighted by atomic mass is 32.1. The van der Waals surface area contributed by atoms with Crippen molar-refractivity contribution in [3.8, 4) is 23.5 Å². The van der Waals surface area contributed by atoms with Gasteiger partial charge in [-0.1, -0.05) is 42.3 Å². The number of nitrogens with one attached hydrogen (secondary N) is 1. The molecule has 0 spiro atoms. The smallest absolute Gasteiger partial charge is 0.298 e. The van der Waals surface area contributed by atoms with Crippen LogP contribution in [0.25, 0.3) is 32.1 Å². The molecule has 0 atom stereocenters. The van der Waals surface area contributed by atoms with Gasteiger partial charge in [0.1, 0.15) is 4.83 Å². The van der Waals surface area contributed by atoms with Gasteiger partial charge < -0.3 is 0 Å². The van der Waals surface area contributed by atoms with Gasteiger partial charge in [0.15, 0.2) is 0 Å². The van der Waals surface area contributed by atoms with E-state index in [1.807, 2.05) is 47.8 Å². The molecule has 116 valence electrons. The van der Waals surface area contributed by atoms with E-state index in [-0.39, 0.29) is 12.1 Å². The fraction of sp³-hybridized carbons (Fsp3) is 0.0526. The number of benzene rings is 2. The average molecular weight is 332 g/mol. The second-order valence-electron chi connectivity index (χ2n) is 5.44. The van der Waals surface area contributed by atoms with Gasteiger partial charge in [-0.15, -0.1) is 17.8 Å². The van der Waals surface area contributed by atoms with E-state index in [4.69, 9.17) is 6.42 Å². The summed E-state index contributed by atoms with van der Waals surface area (Å²) in [7, 11) is 0. The lowest BCUT2D eigenvalue weighted by atomic mass is 10.0. The van der Waals surface area contributed by atoms with Crippen LogP contribution in [0.1, 0.15) is 0 Å². The summed E-state index contributed by atoms with van der Waals surface area (Å²) < 4.78 is 1.06. The highest BCUT2D eigenvalue weighted by Gasteiger charge is 2.14. The standard InChI is InChI=1S/C19H12N2O2S/c1-2-9-21-18(22)16-15(11-24-17(16)20-19(21)23)14-8-7-12-5-3-4-6-13(12)10-14/h1,3-8,10-11H,9H2,(H,20,23). The first-order valence-corrected chi connectivity index (χ1v) is 8.24. The second kappa shape index (κ2) is 5.52. The maximum Gasteiger partial charge on any atom is 0.330 e. The van der Waals surface area contributed by atoms with E-state index in [1.54, 1.807) is 0 Å². The van der Waals surface area contributed by atoms with E-state index >= 15 is 0 Å². The largest absolute Gasteiger partial charge is 0.330 e. The molecule has 0 amide bonds. The van der Waals surface area contributed by atoms with Gasteiger partial charge in [0.05, 0.1) is 11.9 Å². The molecule has 0 aliphatic carbocycles. The van der Waals surface area contributed by atoms with Gasteiger partial charge in [-0.3, -0.25) is 9.78 Å². The van der Waals surface area contributed by atoms with Crippen LogP contribution < -0.4 is 11.2 Å². The first kappa shape index (κ1) is 14.5. The normalized spacial score (nSPS) is 11.0. The summed E-state index contributed by atoms with van der Waals surface area (Å²) in [4.78, 5) is 28.0. The minimum Gasteiger partial charge on any atom is -0.298 e. The van der Waals surface area contributed by atoms with Crippen molar-refractivity contribution in [3.05, 3.63) is 68.7 Å². The molecule has 24 heavy (non-hydrogen) atoms. The summed E-state index contributed by atoms with van der Waals surface area (Å²) in [5.74, 6) is 2.35. The summed E-state index contributed by atoms with van der Waals surface area (Å²) in [6.45, 7) is -0.0445. The molecule has 2 aromatic carbocycles. The zero-order valence-corrected chi connectivity index (χ0v) is 13.4. The molecule has 5 heteroatoms. The molecule has 0 saturated carbocycles. The van der Waals surface area contributed by atoms with Crippen molar-refractivity contribution in [2.24, 2.45) is 0 Å². The number of nitrogens with zero attached hydrogens (tertiary/aromatic N) is 1. The Morgan fingerprint density at radius 2 is 1.92 bits per heavy atom. The molecule has 0 aliphatic heterocycles. The number of hydrogen-bond acceptors (Lipinski definition) is 3. The third-order valence-electron chi connectivity index (χ3n) is 4.03. The number of terminal acetylenes is 1. The van der Waals surface area contributed by atoms with Crippen LogP contribution in [0.4, 0.5) is 0 Å². The van der Waals surface area contributed by atoms with Crippen molar-refractivity contribution < 1.29 is 0 Å². The quantitative estimate of drug-likeness (QED) is 0.573. The van der Waals surface area contributed by atoms with Crippen molar-refractivity contribution in [2.45, 2.75) is 6.54 Å². The predicted octanol–water partition coefficient (Wildman–Crippen LogP) is 3.20. The van der Waals surface area contributed by atoms with Crippen LogP contribution in [0, 0.1) is 12.3 Å². The van der Waals surface area contributed by atoms with Crippen LogP contribution in [0.5, 0.6) is 0 Å². The highest BCUT2D eigenvalue weighted by molar-refractivity contribution is 7.17. The van der Waals surface area contributed by atoms with Crippen LogP contribution in [-0.2, 0) is 6.54 Å². The molecule has 0 fully saturated rings. The third kappa shape index (κ3) is 2.16. The second-order valence-corrected chi connectivity index (χ2v) is 6.32. The summed E-state index contributed by atoms with van der Waals surface area (Å²) in [6, 6.07) is 14.1. The topological polar surface area (TPSA) is 54.9 Å². The molecule has 4 rings (SSSR count). The summed E-state index contributed by atoms with van der Waals surface area (Å²) in [5.41, 5.74) is 0.928. The molecule has 0 radical (unpaired) electrons. The Labute approximate surface area is 141 Å². The van der Waals surface area contributed by atoms with E-state index in [2.05, 4.69) is 10.9 Å². The number of aromatic amines is 1. The van der Waals surface area contributed by atoms with Crippen molar-refractivity contribution in [3.63, 3.8) is 0 Å².